The lowest BCUT2D eigenvalue weighted by Gasteiger charge is -2.22. The third-order valence-corrected chi connectivity index (χ3v) is 7.36. The highest BCUT2D eigenvalue weighted by molar-refractivity contribution is 6.06. The van der Waals surface area contributed by atoms with Crippen molar-refractivity contribution in [2.24, 2.45) is 5.92 Å². The Morgan fingerprint density at radius 3 is 2.51 bits per heavy atom. The fraction of sp³-hybridized carbons (Fsp3) is 0.226. The van der Waals surface area contributed by atoms with Crippen molar-refractivity contribution >= 4 is 45.5 Å². The van der Waals surface area contributed by atoms with Crippen molar-refractivity contribution in [2.75, 3.05) is 16.8 Å². The van der Waals surface area contributed by atoms with Gasteiger partial charge in [-0.05, 0) is 67.1 Å². The molecule has 1 saturated heterocycles. The predicted octanol–water partition coefficient (Wildman–Crippen LogP) is 5.97. The van der Waals surface area contributed by atoms with Crippen LogP contribution in [0.15, 0.2) is 77.2 Å². The third kappa shape index (κ3) is 4.69. The van der Waals surface area contributed by atoms with Crippen LogP contribution in [0.2, 0.25) is 0 Å². The summed E-state index contributed by atoms with van der Waals surface area (Å²) in [6.45, 7) is 4.23. The number of rotatable bonds is 6. The van der Waals surface area contributed by atoms with Crippen LogP contribution in [-0.4, -0.2) is 39.5 Å². The zero-order valence-corrected chi connectivity index (χ0v) is 21.7. The maximum absolute atomic E-state index is 13.0. The van der Waals surface area contributed by atoms with Crippen LogP contribution in [-0.2, 0) is 9.59 Å². The molecule has 2 N–H and O–H groups in total. The fourth-order valence-electron chi connectivity index (χ4n) is 5.52. The number of nitrogens with one attached hydrogen (secondary N) is 1. The number of carboxylic acids is 1. The van der Waals surface area contributed by atoms with Crippen LogP contribution in [0.4, 0.5) is 11.5 Å². The molecule has 2 atom stereocenters. The average molecular weight is 521 g/mol. The Morgan fingerprint density at radius 1 is 1.00 bits per heavy atom. The van der Waals surface area contributed by atoms with Gasteiger partial charge in [0.25, 0.3) is 0 Å². The molecule has 1 amide bonds. The number of aryl methyl sites for hydroxylation is 2. The van der Waals surface area contributed by atoms with E-state index < -0.39 is 12.0 Å². The highest BCUT2D eigenvalue weighted by Crippen LogP contribution is 2.38. The van der Waals surface area contributed by atoms with E-state index in [2.05, 4.69) is 34.3 Å². The Hall–Kier alpha value is -4.72. The number of aromatic nitrogens is 2. The number of carboxylic acid groups (broad SMARTS) is 1. The van der Waals surface area contributed by atoms with Crippen molar-refractivity contribution in [1.82, 2.24) is 9.97 Å². The Kier molecular flexibility index (Phi) is 6.23. The lowest BCUT2D eigenvalue weighted by Crippen LogP contribution is -2.36. The minimum Gasteiger partial charge on any atom is -0.480 e. The summed E-state index contributed by atoms with van der Waals surface area (Å²) in [6.07, 6.45) is 0.535. The first-order valence-corrected chi connectivity index (χ1v) is 13.0. The lowest BCUT2D eigenvalue weighted by atomic mass is 10.00. The number of benzene rings is 3. The monoisotopic (exact) mass is 520 g/mol. The number of nitrogens with zero attached hydrogens (tertiary/aromatic N) is 3. The quantitative estimate of drug-likeness (QED) is 0.284. The van der Waals surface area contributed by atoms with E-state index in [1.54, 1.807) is 11.8 Å². The maximum atomic E-state index is 13.0. The molecule has 1 fully saturated rings. The minimum atomic E-state index is -0.953. The first kappa shape index (κ1) is 24.6. The van der Waals surface area contributed by atoms with Gasteiger partial charge < -0.3 is 19.7 Å². The Morgan fingerprint density at radius 2 is 1.74 bits per heavy atom. The molecule has 3 aromatic carbocycles. The van der Waals surface area contributed by atoms with Gasteiger partial charge in [0.1, 0.15) is 23.0 Å². The van der Waals surface area contributed by atoms with E-state index >= 15 is 0 Å². The van der Waals surface area contributed by atoms with E-state index in [1.165, 1.54) is 5.56 Å². The highest BCUT2D eigenvalue weighted by atomic mass is 16.4. The molecule has 1 aliphatic rings. The minimum absolute atomic E-state index is 0.151. The number of amides is 1. The summed E-state index contributed by atoms with van der Waals surface area (Å²) < 4.78 is 6.08. The summed E-state index contributed by atoms with van der Waals surface area (Å²) in [5.74, 6) is -0.279. The normalized spacial score (nSPS) is 17.1. The molecular weight excluding hydrogens is 492 g/mol. The average Bonchev–Trinajstić information content (AvgIpc) is 3.51. The zero-order valence-electron chi connectivity index (χ0n) is 21.7. The number of hydrogen-bond acceptors (Lipinski definition) is 6. The molecule has 6 rings (SSSR count). The van der Waals surface area contributed by atoms with Crippen LogP contribution in [0.5, 0.6) is 0 Å². The molecule has 0 saturated carbocycles. The van der Waals surface area contributed by atoms with E-state index in [0.717, 1.165) is 16.5 Å². The van der Waals surface area contributed by atoms with Crippen LogP contribution < -0.4 is 10.2 Å². The highest BCUT2D eigenvalue weighted by Gasteiger charge is 2.40. The summed E-state index contributed by atoms with van der Waals surface area (Å²) in [4.78, 5) is 36.1. The van der Waals surface area contributed by atoms with E-state index in [0.29, 0.717) is 47.0 Å². The summed E-state index contributed by atoms with van der Waals surface area (Å²) in [5.41, 5.74) is 5.92. The zero-order chi connectivity index (χ0) is 27.1. The number of furan rings is 1. The molecule has 0 unspecified atom stereocenters. The molecule has 0 radical (unpaired) electrons. The largest absolute Gasteiger partial charge is 0.480 e. The van der Waals surface area contributed by atoms with Crippen molar-refractivity contribution in [3.05, 3.63) is 84.2 Å². The Bertz CT molecular complexity index is 1710. The second-order valence-corrected chi connectivity index (χ2v) is 10.1. The smallest absolute Gasteiger partial charge is 0.326 e. The van der Waals surface area contributed by atoms with Crippen LogP contribution in [0.1, 0.15) is 24.2 Å². The van der Waals surface area contributed by atoms with Crippen molar-refractivity contribution < 1.29 is 19.1 Å². The van der Waals surface area contributed by atoms with Crippen LogP contribution in [0.3, 0.4) is 0 Å². The number of anilines is 2. The number of aliphatic carboxylic acids is 1. The molecule has 2 aromatic heterocycles. The van der Waals surface area contributed by atoms with Gasteiger partial charge >= 0.3 is 5.97 Å². The van der Waals surface area contributed by atoms with Crippen LogP contribution >= 0.6 is 0 Å². The second-order valence-electron chi connectivity index (χ2n) is 10.1. The third-order valence-electron chi connectivity index (χ3n) is 7.36. The molecule has 0 bridgehead atoms. The number of hydrogen-bond donors (Lipinski definition) is 2. The van der Waals surface area contributed by atoms with E-state index in [1.807, 2.05) is 60.7 Å². The first-order chi connectivity index (χ1) is 18.9. The van der Waals surface area contributed by atoms with Crippen molar-refractivity contribution in [2.45, 2.75) is 32.7 Å². The number of carbonyl (C=O) groups excluding carboxylic acids is 1. The summed E-state index contributed by atoms with van der Waals surface area (Å²) in [5, 5.41) is 13.9. The standard InChI is InChI=1S/C31H28N4O4/c1-18-7-3-4-8-23(18)21-11-13-22(14-12-21)34-27(36)16-20-15-25(31(37)38)35(17-20)30-29-28(32-19(2)33-30)24-9-5-6-10-26(24)39-29/h3-14,20,25H,15-17H2,1-2H3,(H,34,36)(H,37,38)/t20-,25+/m1/s1. The summed E-state index contributed by atoms with van der Waals surface area (Å²) in [7, 11) is 0. The van der Waals surface area contributed by atoms with Crippen molar-refractivity contribution in [3.63, 3.8) is 0 Å². The van der Waals surface area contributed by atoms with Gasteiger partial charge in [0.05, 0.1) is 0 Å². The Labute approximate surface area is 225 Å². The molecule has 5 aromatic rings. The Balaban J connectivity index is 1.20. The maximum Gasteiger partial charge on any atom is 0.326 e. The van der Waals surface area contributed by atoms with Gasteiger partial charge in [0.15, 0.2) is 11.4 Å². The van der Waals surface area contributed by atoms with Crippen molar-refractivity contribution in [3.8, 4) is 11.1 Å². The van der Waals surface area contributed by atoms with Gasteiger partial charge in [-0.1, -0.05) is 48.5 Å². The number of carbonyl (C=O) groups is 2. The van der Waals surface area contributed by atoms with Gasteiger partial charge in [0, 0.05) is 24.0 Å². The van der Waals surface area contributed by atoms with Gasteiger partial charge in [-0.3, -0.25) is 4.79 Å². The fourth-order valence-corrected chi connectivity index (χ4v) is 5.52. The predicted molar refractivity (Wildman–Crippen MR) is 151 cm³/mol. The molecule has 3 heterocycles. The molecule has 0 spiro atoms. The lowest BCUT2D eigenvalue weighted by molar-refractivity contribution is -0.138. The van der Waals surface area contributed by atoms with Gasteiger partial charge in [-0.2, -0.15) is 0 Å². The van der Waals surface area contributed by atoms with E-state index in [9.17, 15) is 14.7 Å². The van der Waals surface area contributed by atoms with Gasteiger partial charge in [-0.15, -0.1) is 0 Å². The van der Waals surface area contributed by atoms with Crippen molar-refractivity contribution in [1.29, 1.82) is 0 Å². The van der Waals surface area contributed by atoms with E-state index in [4.69, 9.17) is 4.42 Å². The molecule has 8 nitrogen and oxygen atoms in total. The van der Waals surface area contributed by atoms with Crippen LogP contribution in [0.25, 0.3) is 33.2 Å². The molecule has 1 aliphatic heterocycles. The van der Waals surface area contributed by atoms with Gasteiger partial charge in [0.2, 0.25) is 5.91 Å². The number of fused-ring (bicyclic) bond motifs is 3. The summed E-state index contributed by atoms with van der Waals surface area (Å²) >= 11 is 0. The molecule has 196 valence electrons. The van der Waals surface area contributed by atoms with E-state index in [-0.39, 0.29) is 18.2 Å². The molecule has 39 heavy (non-hydrogen) atoms. The van der Waals surface area contributed by atoms with Gasteiger partial charge in [-0.25, -0.2) is 14.8 Å². The number of para-hydroxylation sites is 1. The topological polar surface area (TPSA) is 109 Å². The SMILES string of the molecule is Cc1nc(N2C[C@@H](CC(=O)Nc3ccc(-c4ccccc4C)cc3)C[C@H]2C(=O)O)c2oc3ccccc3c2n1. The first-order valence-electron chi connectivity index (χ1n) is 13.0. The summed E-state index contributed by atoms with van der Waals surface area (Å²) in [6, 6.07) is 22.7. The van der Waals surface area contributed by atoms with Crippen LogP contribution in [0, 0.1) is 19.8 Å². The molecular formula is C31H28N4O4. The molecule has 8 heteroatoms. The molecule has 0 aliphatic carbocycles. The second kappa shape index (κ2) is 9.87.